The van der Waals surface area contributed by atoms with Gasteiger partial charge in [0.1, 0.15) is 11.4 Å². The molecule has 1 amide bonds. The maximum Gasteiger partial charge on any atom is 0.411 e. The molecule has 0 saturated carbocycles. The van der Waals surface area contributed by atoms with Crippen LogP contribution in [0.25, 0.3) is 0 Å². The Balaban J connectivity index is 2.20. The molecule has 1 aliphatic heterocycles. The van der Waals surface area contributed by atoms with Crippen LogP contribution in [0.1, 0.15) is 52.1 Å². The molecule has 4 heteroatoms. The summed E-state index contributed by atoms with van der Waals surface area (Å²) < 4.78 is 5.51. The first kappa shape index (κ1) is 14.7. The molecule has 0 radical (unpaired) electrons. The number of nitrogens with zero attached hydrogens (tertiary/aromatic N) is 1. The van der Waals surface area contributed by atoms with Crippen molar-refractivity contribution in [1.82, 2.24) is 4.90 Å². The molecule has 1 aliphatic rings. The minimum absolute atomic E-state index is 0.0282. The zero-order chi connectivity index (χ0) is 14.9. The quantitative estimate of drug-likeness (QED) is 0.848. The zero-order valence-corrected chi connectivity index (χ0v) is 12.6. The summed E-state index contributed by atoms with van der Waals surface area (Å²) in [5, 5.41) is 9.37. The molecule has 1 aromatic rings. The largest absolute Gasteiger partial charge is 0.508 e. The number of likely N-dealkylation sites (tertiary alicyclic amines) is 1. The Labute approximate surface area is 120 Å². The Kier molecular flexibility index (Phi) is 3.93. The third-order valence-corrected chi connectivity index (χ3v) is 3.55. The number of hydrogen-bond acceptors (Lipinski definition) is 3. The molecule has 0 bridgehead atoms. The number of phenolic OH excluding ortho intramolecular Hbond substituents is 1. The second-order valence-electron chi connectivity index (χ2n) is 6.42. The number of rotatable bonds is 1. The zero-order valence-electron chi connectivity index (χ0n) is 12.6. The SMILES string of the molecule is C[C@@H]1CC[C@H](c2ccc(O)cc2)N1C(=O)OC(C)(C)C. The van der Waals surface area contributed by atoms with Crippen molar-refractivity contribution >= 4 is 6.09 Å². The van der Waals surface area contributed by atoms with Gasteiger partial charge in [-0.05, 0) is 58.2 Å². The summed E-state index contributed by atoms with van der Waals surface area (Å²) in [5.74, 6) is 0.239. The van der Waals surface area contributed by atoms with Gasteiger partial charge in [0.2, 0.25) is 0 Å². The molecule has 1 saturated heterocycles. The van der Waals surface area contributed by atoms with E-state index in [-0.39, 0.29) is 23.9 Å². The first-order valence-electron chi connectivity index (χ1n) is 7.08. The van der Waals surface area contributed by atoms with Crippen LogP contribution in [0.2, 0.25) is 0 Å². The highest BCUT2D eigenvalue weighted by molar-refractivity contribution is 5.69. The second kappa shape index (κ2) is 5.35. The maximum atomic E-state index is 12.4. The number of aromatic hydroxyl groups is 1. The smallest absolute Gasteiger partial charge is 0.411 e. The monoisotopic (exact) mass is 277 g/mol. The molecule has 0 unspecified atom stereocenters. The third-order valence-electron chi connectivity index (χ3n) is 3.55. The van der Waals surface area contributed by atoms with Crippen LogP contribution < -0.4 is 0 Å². The molecule has 1 heterocycles. The van der Waals surface area contributed by atoms with Gasteiger partial charge in [-0.3, -0.25) is 4.90 Å². The number of ether oxygens (including phenoxy) is 1. The van der Waals surface area contributed by atoms with Crippen LogP contribution in [-0.2, 0) is 4.74 Å². The van der Waals surface area contributed by atoms with Crippen molar-refractivity contribution in [2.24, 2.45) is 0 Å². The number of phenols is 1. The van der Waals surface area contributed by atoms with Crippen LogP contribution in [0.15, 0.2) is 24.3 Å². The summed E-state index contributed by atoms with van der Waals surface area (Å²) in [7, 11) is 0. The van der Waals surface area contributed by atoms with E-state index in [1.165, 1.54) is 0 Å². The number of benzene rings is 1. The van der Waals surface area contributed by atoms with Gasteiger partial charge in [0, 0.05) is 6.04 Å². The molecule has 1 aromatic carbocycles. The van der Waals surface area contributed by atoms with E-state index >= 15 is 0 Å². The lowest BCUT2D eigenvalue weighted by atomic mass is 10.0. The molecular formula is C16H23NO3. The summed E-state index contributed by atoms with van der Waals surface area (Å²) in [4.78, 5) is 14.2. The lowest BCUT2D eigenvalue weighted by molar-refractivity contribution is 0.0158. The van der Waals surface area contributed by atoms with Gasteiger partial charge >= 0.3 is 6.09 Å². The van der Waals surface area contributed by atoms with E-state index < -0.39 is 5.60 Å². The van der Waals surface area contributed by atoms with E-state index in [4.69, 9.17) is 4.74 Å². The molecule has 1 N–H and O–H groups in total. The Bertz CT molecular complexity index is 475. The molecule has 4 nitrogen and oxygen atoms in total. The molecule has 0 aliphatic carbocycles. The number of carbonyl (C=O) groups is 1. The van der Waals surface area contributed by atoms with E-state index in [1.54, 1.807) is 12.1 Å². The van der Waals surface area contributed by atoms with E-state index in [0.717, 1.165) is 18.4 Å². The fourth-order valence-corrected chi connectivity index (χ4v) is 2.63. The van der Waals surface area contributed by atoms with Crippen molar-refractivity contribution in [1.29, 1.82) is 0 Å². The molecule has 0 aromatic heterocycles. The third kappa shape index (κ3) is 3.24. The summed E-state index contributed by atoms with van der Waals surface area (Å²) in [6.45, 7) is 7.67. The van der Waals surface area contributed by atoms with Gasteiger partial charge in [0.05, 0.1) is 6.04 Å². The van der Waals surface area contributed by atoms with Gasteiger partial charge in [-0.1, -0.05) is 12.1 Å². The topological polar surface area (TPSA) is 49.8 Å². The second-order valence-corrected chi connectivity index (χ2v) is 6.42. The van der Waals surface area contributed by atoms with Crippen molar-refractivity contribution < 1.29 is 14.6 Å². The van der Waals surface area contributed by atoms with Crippen LogP contribution in [0.4, 0.5) is 4.79 Å². The van der Waals surface area contributed by atoms with E-state index in [9.17, 15) is 9.90 Å². The number of amides is 1. The predicted octanol–water partition coefficient (Wildman–Crippen LogP) is 3.85. The van der Waals surface area contributed by atoms with Crippen molar-refractivity contribution in [3.8, 4) is 5.75 Å². The summed E-state index contributed by atoms with van der Waals surface area (Å²) in [6, 6.07) is 7.26. The minimum atomic E-state index is -0.487. The van der Waals surface area contributed by atoms with Crippen LogP contribution in [0.3, 0.4) is 0 Å². The molecule has 2 atom stereocenters. The van der Waals surface area contributed by atoms with Crippen molar-refractivity contribution in [3.05, 3.63) is 29.8 Å². The van der Waals surface area contributed by atoms with Crippen molar-refractivity contribution in [2.45, 2.75) is 58.2 Å². The molecule has 110 valence electrons. The lowest BCUT2D eigenvalue weighted by Gasteiger charge is -2.31. The first-order valence-corrected chi connectivity index (χ1v) is 7.08. The van der Waals surface area contributed by atoms with Gasteiger partial charge in [-0.25, -0.2) is 4.79 Å². The van der Waals surface area contributed by atoms with Gasteiger partial charge in [-0.2, -0.15) is 0 Å². The molecule has 20 heavy (non-hydrogen) atoms. The predicted molar refractivity (Wildman–Crippen MR) is 77.6 cm³/mol. The van der Waals surface area contributed by atoms with Gasteiger partial charge < -0.3 is 9.84 Å². The first-order chi connectivity index (χ1) is 9.28. The van der Waals surface area contributed by atoms with Gasteiger partial charge in [0.25, 0.3) is 0 Å². The standard InChI is InChI=1S/C16H23NO3/c1-11-5-10-14(12-6-8-13(18)9-7-12)17(11)15(19)20-16(2,3)4/h6-9,11,14,18H,5,10H2,1-4H3/t11-,14-/m1/s1. The van der Waals surface area contributed by atoms with Crippen LogP contribution in [-0.4, -0.2) is 27.7 Å². The molecule has 1 fully saturated rings. The van der Waals surface area contributed by atoms with Crippen molar-refractivity contribution in [2.75, 3.05) is 0 Å². The number of hydrogen-bond donors (Lipinski definition) is 1. The van der Waals surface area contributed by atoms with Gasteiger partial charge in [-0.15, -0.1) is 0 Å². The molecule has 2 rings (SSSR count). The van der Waals surface area contributed by atoms with Crippen LogP contribution >= 0.6 is 0 Å². The normalized spacial score (nSPS) is 22.9. The Hall–Kier alpha value is -1.71. The maximum absolute atomic E-state index is 12.4. The van der Waals surface area contributed by atoms with E-state index in [0.29, 0.717) is 0 Å². The highest BCUT2D eigenvalue weighted by Crippen LogP contribution is 2.37. The minimum Gasteiger partial charge on any atom is -0.508 e. The summed E-state index contributed by atoms with van der Waals surface area (Å²) in [5.41, 5.74) is 0.553. The summed E-state index contributed by atoms with van der Waals surface area (Å²) in [6.07, 6.45) is 1.62. The van der Waals surface area contributed by atoms with Crippen LogP contribution in [0.5, 0.6) is 5.75 Å². The highest BCUT2D eigenvalue weighted by atomic mass is 16.6. The van der Waals surface area contributed by atoms with Gasteiger partial charge in [0.15, 0.2) is 0 Å². The average Bonchev–Trinajstić information content (AvgIpc) is 2.70. The summed E-state index contributed by atoms with van der Waals surface area (Å²) >= 11 is 0. The average molecular weight is 277 g/mol. The Morgan fingerprint density at radius 1 is 1.25 bits per heavy atom. The van der Waals surface area contributed by atoms with Crippen LogP contribution in [0, 0.1) is 0 Å². The highest BCUT2D eigenvalue weighted by Gasteiger charge is 2.37. The molecular weight excluding hydrogens is 254 g/mol. The molecule has 0 spiro atoms. The lowest BCUT2D eigenvalue weighted by Crippen LogP contribution is -2.40. The fraction of sp³-hybridized carbons (Fsp3) is 0.562. The number of carbonyl (C=O) groups excluding carboxylic acids is 1. The van der Waals surface area contributed by atoms with E-state index in [2.05, 4.69) is 0 Å². The Morgan fingerprint density at radius 2 is 1.85 bits per heavy atom. The van der Waals surface area contributed by atoms with E-state index in [1.807, 2.05) is 44.7 Å². The Morgan fingerprint density at radius 3 is 2.40 bits per heavy atom. The van der Waals surface area contributed by atoms with Crippen molar-refractivity contribution in [3.63, 3.8) is 0 Å². The fourth-order valence-electron chi connectivity index (χ4n) is 2.63.